The maximum atomic E-state index is 12.8. The van der Waals surface area contributed by atoms with Crippen molar-refractivity contribution in [3.05, 3.63) is 36.0 Å². The molecular weight excluding hydrogens is 304 g/mol. The third-order valence-corrected chi connectivity index (χ3v) is 5.11. The normalized spacial score (nSPS) is 22.3. The number of hydrogen-bond donors (Lipinski definition) is 1. The molecule has 0 spiro atoms. The van der Waals surface area contributed by atoms with Gasteiger partial charge in [-0.05, 0) is 37.3 Å². The van der Waals surface area contributed by atoms with Crippen LogP contribution >= 0.6 is 0 Å². The maximum absolute atomic E-state index is 12.8. The molecule has 0 saturated carbocycles. The molecule has 5 nitrogen and oxygen atoms in total. The van der Waals surface area contributed by atoms with Crippen LogP contribution in [0.2, 0.25) is 0 Å². The molecule has 1 aromatic heterocycles. The highest BCUT2D eigenvalue weighted by Crippen LogP contribution is 2.26. The molecule has 2 saturated heterocycles. The zero-order chi connectivity index (χ0) is 16.4. The van der Waals surface area contributed by atoms with Gasteiger partial charge in [-0.3, -0.25) is 4.79 Å². The van der Waals surface area contributed by atoms with Crippen LogP contribution in [-0.4, -0.2) is 47.9 Å². The number of hydrogen-bond acceptors (Lipinski definition) is 3. The smallest absolute Gasteiger partial charge is 0.223 e. The van der Waals surface area contributed by atoms with E-state index in [0.717, 1.165) is 37.7 Å². The van der Waals surface area contributed by atoms with Crippen molar-refractivity contribution in [2.75, 3.05) is 19.8 Å². The van der Waals surface area contributed by atoms with Gasteiger partial charge in [0.1, 0.15) is 0 Å². The lowest BCUT2D eigenvalue weighted by atomic mass is 10.00. The number of fused-ring (bicyclic) bond motifs is 1. The number of amides is 1. The van der Waals surface area contributed by atoms with Gasteiger partial charge in [0, 0.05) is 30.1 Å². The fourth-order valence-electron chi connectivity index (χ4n) is 3.87. The second-order valence-electron chi connectivity index (χ2n) is 6.62. The van der Waals surface area contributed by atoms with Crippen molar-refractivity contribution >= 4 is 16.8 Å². The number of nitrogens with zero attached hydrogens (tertiary/aromatic N) is 1. The minimum atomic E-state index is -0.234. The van der Waals surface area contributed by atoms with Crippen LogP contribution < -0.4 is 0 Å². The van der Waals surface area contributed by atoms with Crippen LogP contribution in [0.5, 0.6) is 0 Å². The number of carbonyl (C=O) groups excluding carboxylic acids is 1. The second-order valence-corrected chi connectivity index (χ2v) is 6.62. The van der Waals surface area contributed by atoms with E-state index >= 15 is 0 Å². The second kappa shape index (κ2) is 6.95. The summed E-state index contributed by atoms with van der Waals surface area (Å²) in [5.74, 6) is 0.212. The summed E-state index contributed by atoms with van der Waals surface area (Å²) < 4.78 is 11.3. The largest absolute Gasteiger partial charge is 0.361 e. The van der Waals surface area contributed by atoms with E-state index in [2.05, 4.69) is 17.1 Å². The third-order valence-electron chi connectivity index (χ3n) is 5.11. The summed E-state index contributed by atoms with van der Waals surface area (Å²) in [5.41, 5.74) is 2.34. The number of nitrogens with one attached hydrogen (secondary N) is 1. The molecule has 2 fully saturated rings. The van der Waals surface area contributed by atoms with E-state index in [1.165, 1.54) is 10.9 Å². The van der Waals surface area contributed by atoms with Crippen LogP contribution in [0.1, 0.15) is 31.2 Å². The number of para-hydroxylation sites is 1. The Balaban J connectivity index is 1.42. The number of aryl methyl sites for hydroxylation is 1. The molecule has 2 aliphatic rings. The number of aromatic nitrogens is 1. The van der Waals surface area contributed by atoms with Crippen molar-refractivity contribution < 1.29 is 14.3 Å². The van der Waals surface area contributed by atoms with Crippen LogP contribution in [0.15, 0.2) is 30.5 Å². The van der Waals surface area contributed by atoms with E-state index in [0.29, 0.717) is 19.6 Å². The number of H-pyrrole nitrogens is 1. The summed E-state index contributed by atoms with van der Waals surface area (Å²) >= 11 is 0. The van der Waals surface area contributed by atoms with Crippen LogP contribution in [0, 0.1) is 0 Å². The lowest BCUT2D eigenvalue weighted by molar-refractivity contribution is -0.150. The first-order chi connectivity index (χ1) is 11.8. The van der Waals surface area contributed by atoms with Gasteiger partial charge < -0.3 is 19.4 Å². The monoisotopic (exact) mass is 328 g/mol. The van der Waals surface area contributed by atoms with E-state index in [1.54, 1.807) is 0 Å². The first kappa shape index (κ1) is 15.7. The molecule has 1 atom stereocenters. The van der Waals surface area contributed by atoms with Crippen molar-refractivity contribution in [1.82, 2.24) is 9.88 Å². The number of aromatic amines is 1. The average molecular weight is 328 g/mol. The highest BCUT2D eigenvalue weighted by molar-refractivity contribution is 5.84. The summed E-state index contributed by atoms with van der Waals surface area (Å²) in [7, 11) is 0. The van der Waals surface area contributed by atoms with Gasteiger partial charge in [0.25, 0.3) is 0 Å². The number of rotatable bonds is 4. The van der Waals surface area contributed by atoms with Gasteiger partial charge in [0.05, 0.1) is 19.3 Å². The Morgan fingerprint density at radius 3 is 2.92 bits per heavy atom. The van der Waals surface area contributed by atoms with Gasteiger partial charge in [-0.15, -0.1) is 0 Å². The molecule has 5 heteroatoms. The van der Waals surface area contributed by atoms with Gasteiger partial charge >= 0.3 is 0 Å². The highest BCUT2D eigenvalue weighted by atomic mass is 16.7. The fraction of sp³-hybridized carbons (Fsp3) is 0.526. The Morgan fingerprint density at radius 1 is 1.21 bits per heavy atom. The van der Waals surface area contributed by atoms with Crippen molar-refractivity contribution in [3.63, 3.8) is 0 Å². The van der Waals surface area contributed by atoms with Crippen molar-refractivity contribution in [1.29, 1.82) is 0 Å². The Labute approximate surface area is 141 Å². The van der Waals surface area contributed by atoms with Crippen LogP contribution in [0.4, 0.5) is 0 Å². The molecule has 4 rings (SSSR count). The van der Waals surface area contributed by atoms with Gasteiger partial charge in [-0.1, -0.05) is 18.2 Å². The first-order valence-corrected chi connectivity index (χ1v) is 8.90. The summed E-state index contributed by atoms with van der Waals surface area (Å²) in [6.07, 6.45) is 6.27. The van der Waals surface area contributed by atoms with E-state index in [-0.39, 0.29) is 18.2 Å². The predicted octanol–water partition coefficient (Wildman–Crippen LogP) is 2.85. The number of carbonyl (C=O) groups is 1. The molecule has 0 aliphatic carbocycles. The predicted molar refractivity (Wildman–Crippen MR) is 91.7 cm³/mol. The molecule has 1 amide bonds. The van der Waals surface area contributed by atoms with E-state index < -0.39 is 0 Å². The van der Waals surface area contributed by atoms with Gasteiger partial charge in [0.15, 0.2) is 6.29 Å². The lowest BCUT2D eigenvalue weighted by Gasteiger charge is -2.38. The maximum Gasteiger partial charge on any atom is 0.223 e. The summed E-state index contributed by atoms with van der Waals surface area (Å²) in [5, 5.41) is 1.21. The molecule has 2 aromatic rings. The average Bonchev–Trinajstić information content (AvgIpc) is 3.30. The zero-order valence-electron chi connectivity index (χ0n) is 13.9. The molecule has 0 bridgehead atoms. The highest BCUT2D eigenvalue weighted by Gasteiger charge is 2.35. The van der Waals surface area contributed by atoms with Crippen LogP contribution in [0.25, 0.3) is 10.9 Å². The summed E-state index contributed by atoms with van der Waals surface area (Å²) in [6.45, 7) is 2.09. The Hall–Kier alpha value is -1.85. The Morgan fingerprint density at radius 2 is 2.04 bits per heavy atom. The van der Waals surface area contributed by atoms with Gasteiger partial charge in [0.2, 0.25) is 5.91 Å². The fourth-order valence-corrected chi connectivity index (χ4v) is 3.87. The van der Waals surface area contributed by atoms with Crippen molar-refractivity contribution in [2.45, 2.75) is 44.4 Å². The van der Waals surface area contributed by atoms with Crippen molar-refractivity contribution in [3.8, 4) is 0 Å². The number of benzene rings is 1. The molecule has 128 valence electrons. The van der Waals surface area contributed by atoms with Crippen molar-refractivity contribution in [2.24, 2.45) is 0 Å². The molecule has 0 radical (unpaired) electrons. The van der Waals surface area contributed by atoms with E-state index in [9.17, 15) is 4.79 Å². The number of likely N-dealkylation sites (tertiary alicyclic amines) is 1. The SMILES string of the molecule is O=C(CCc1c[nH]c2ccccc12)N1CCCC[C@@H]1C1OCCO1. The minimum absolute atomic E-state index is 0.0803. The Bertz CT molecular complexity index is 705. The van der Waals surface area contributed by atoms with E-state index in [4.69, 9.17) is 9.47 Å². The summed E-state index contributed by atoms with van der Waals surface area (Å²) in [6, 6.07) is 8.31. The Kier molecular flexibility index (Phi) is 4.54. The minimum Gasteiger partial charge on any atom is -0.361 e. The molecule has 2 aliphatic heterocycles. The van der Waals surface area contributed by atoms with E-state index in [1.807, 2.05) is 23.2 Å². The summed E-state index contributed by atoms with van der Waals surface area (Å²) in [4.78, 5) is 18.1. The molecule has 24 heavy (non-hydrogen) atoms. The topological polar surface area (TPSA) is 54.6 Å². The third kappa shape index (κ3) is 3.06. The quantitative estimate of drug-likeness (QED) is 0.939. The molecule has 0 unspecified atom stereocenters. The molecule has 1 N–H and O–H groups in total. The number of piperidine rings is 1. The molecular formula is C19H24N2O3. The number of ether oxygens (including phenoxy) is 2. The molecule has 3 heterocycles. The standard InChI is InChI=1S/C19H24N2O3/c22-18(9-8-14-13-20-16-6-2-1-5-15(14)16)21-10-4-3-7-17(21)19-23-11-12-24-19/h1-2,5-6,13,17,19-20H,3-4,7-12H2/t17-/m1/s1. The van der Waals surface area contributed by atoms with Gasteiger partial charge in [-0.25, -0.2) is 0 Å². The zero-order valence-corrected chi connectivity index (χ0v) is 13.9. The lowest BCUT2D eigenvalue weighted by Crippen LogP contribution is -2.50. The van der Waals surface area contributed by atoms with Crippen LogP contribution in [-0.2, 0) is 20.7 Å². The molecule has 1 aromatic carbocycles. The van der Waals surface area contributed by atoms with Crippen LogP contribution in [0.3, 0.4) is 0 Å². The van der Waals surface area contributed by atoms with Gasteiger partial charge in [-0.2, -0.15) is 0 Å². The first-order valence-electron chi connectivity index (χ1n) is 8.90.